The van der Waals surface area contributed by atoms with E-state index >= 15 is 0 Å². The van der Waals surface area contributed by atoms with E-state index < -0.39 is 0 Å². The van der Waals surface area contributed by atoms with E-state index in [2.05, 4.69) is 25.6 Å². The number of amides is 2. The highest BCUT2D eigenvalue weighted by atomic mass is 16.2. The number of hydrogen-bond acceptors (Lipinski definition) is 5. The smallest absolute Gasteiger partial charge is 0.289 e. The molecule has 2 aromatic rings. The molecular formula is C21H23N5O2. The van der Waals surface area contributed by atoms with Gasteiger partial charge in [0.2, 0.25) is 5.82 Å². The average Bonchev–Trinajstić information content (AvgIpc) is 2.67. The fraction of sp³-hybridized carbons (Fsp3) is 0.476. The maximum absolute atomic E-state index is 12.8. The van der Waals surface area contributed by atoms with Crippen molar-refractivity contribution in [2.24, 2.45) is 11.8 Å². The van der Waals surface area contributed by atoms with Gasteiger partial charge in [0.15, 0.2) is 0 Å². The van der Waals surface area contributed by atoms with Crippen LogP contribution in [0.15, 0.2) is 42.9 Å². The van der Waals surface area contributed by atoms with Gasteiger partial charge in [0.1, 0.15) is 5.69 Å². The molecular weight excluding hydrogens is 354 g/mol. The van der Waals surface area contributed by atoms with Crippen molar-refractivity contribution in [3.05, 3.63) is 54.4 Å². The van der Waals surface area contributed by atoms with Crippen molar-refractivity contribution in [3.8, 4) is 0 Å². The van der Waals surface area contributed by atoms with E-state index in [0.29, 0.717) is 17.5 Å². The number of rotatable bonds is 4. The van der Waals surface area contributed by atoms with Gasteiger partial charge in [0.25, 0.3) is 11.8 Å². The van der Waals surface area contributed by atoms with Crippen LogP contribution in [0.3, 0.4) is 0 Å². The molecule has 0 aliphatic heterocycles. The highest BCUT2D eigenvalue weighted by Crippen LogP contribution is 2.57. The second kappa shape index (κ2) is 6.36. The molecule has 4 saturated carbocycles. The Bertz CT molecular complexity index is 816. The Kier molecular flexibility index (Phi) is 3.92. The van der Waals surface area contributed by atoms with Crippen LogP contribution in [-0.4, -0.2) is 37.8 Å². The largest absolute Gasteiger partial charge is 0.345 e. The van der Waals surface area contributed by atoms with Gasteiger partial charge in [0, 0.05) is 29.7 Å². The van der Waals surface area contributed by atoms with E-state index in [1.165, 1.54) is 6.42 Å². The van der Waals surface area contributed by atoms with E-state index in [0.717, 1.165) is 32.1 Å². The van der Waals surface area contributed by atoms with Crippen LogP contribution in [0.1, 0.15) is 59.6 Å². The molecule has 144 valence electrons. The Morgan fingerprint density at radius 1 is 0.821 bits per heavy atom. The quantitative estimate of drug-likeness (QED) is 0.851. The summed E-state index contributed by atoms with van der Waals surface area (Å²) in [6.45, 7) is 0. The van der Waals surface area contributed by atoms with Gasteiger partial charge < -0.3 is 10.6 Å². The Labute approximate surface area is 163 Å². The van der Waals surface area contributed by atoms with E-state index in [9.17, 15) is 9.59 Å². The molecule has 7 nitrogen and oxygen atoms in total. The van der Waals surface area contributed by atoms with Crippen molar-refractivity contribution < 1.29 is 9.59 Å². The summed E-state index contributed by atoms with van der Waals surface area (Å²) in [5.74, 6) is 0.874. The zero-order valence-corrected chi connectivity index (χ0v) is 15.6. The summed E-state index contributed by atoms with van der Waals surface area (Å²) in [5.41, 5.74) is -0.129. The molecule has 7 heteroatoms. The lowest BCUT2D eigenvalue weighted by Crippen LogP contribution is -2.70. The van der Waals surface area contributed by atoms with E-state index in [4.69, 9.17) is 0 Å². The third-order valence-corrected chi connectivity index (χ3v) is 6.48. The van der Waals surface area contributed by atoms with Gasteiger partial charge >= 0.3 is 0 Å². The zero-order valence-electron chi connectivity index (χ0n) is 15.6. The molecule has 4 bridgehead atoms. The van der Waals surface area contributed by atoms with Crippen LogP contribution in [0.5, 0.6) is 0 Å². The molecule has 0 saturated heterocycles. The predicted molar refractivity (Wildman–Crippen MR) is 101 cm³/mol. The molecule has 2 atom stereocenters. The maximum atomic E-state index is 12.8. The van der Waals surface area contributed by atoms with Gasteiger partial charge in [-0.2, -0.15) is 0 Å². The van der Waals surface area contributed by atoms with Crippen molar-refractivity contribution >= 4 is 11.8 Å². The van der Waals surface area contributed by atoms with Crippen molar-refractivity contribution in [3.63, 3.8) is 0 Å². The van der Waals surface area contributed by atoms with Crippen LogP contribution in [0.4, 0.5) is 0 Å². The zero-order chi connectivity index (χ0) is 19.2. The minimum Gasteiger partial charge on any atom is -0.345 e. The Hall–Kier alpha value is -2.83. The molecule has 2 heterocycles. The maximum Gasteiger partial charge on any atom is 0.289 e. The summed E-state index contributed by atoms with van der Waals surface area (Å²) in [6, 6.07) is 7.06. The van der Waals surface area contributed by atoms with E-state index in [-0.39, 0.29) is 28.7 Å². The predicted octanol–water partition coefficient (Wildman–Crippen LogP) is 2.12. The highest BCUT2D eigenvalue weighted by molar-refractivity contribution is 5.93. The molecule has 28 heavy (non-hydrogen) atoms. The monoisotopic (exact) mass is 377 g/mol. The van der Waals surface area contributed by atoms with Gasteiger partial charge in [-0.05, 0) is 68.6 Å². The number of carbonyl (C=O) groups is 2. The first-order valence-corrected chi connectivity index (χ1v) is 9.88. The highest BCUT2D eigenvalue weighted by Gasteiger charge is 2.58. The molecule has 6 rings (SSSR count). The minimum absolute atomic E-state index is 0.129. The van der Waals surface area contributed by atoms with Crippen molar-refractivity contribution in [2.45, 2.75) is 49.6 Å². The number of nitrogens with zero attached hydrogens (tertiary/aromatic N) is 3. The number of pyridine rings is 1. The van der Waals surface area contributed by atoms with Crippen molar-refractivity contribution in [1.82, 2.24) is 25.6 Å². The lowest BCUT2D eigenvalue weighted by Gasteiger charge is -2.62. The summed E-state index contributed by atoms with van der Waals surface area (Å²) in [5, 5.41) is 6.54. The fourth-order valence-corrected chi connectivity index (χ4v) is 6.07. The van der Waals surface area contributed by atoms with Gasteiger partial charge in [0.05, 0.1) is 0 Å². The number of hydrogen-bond donors (Lipinski definition) is 2. The number of nitrogens with one attached hydrogen (secondary N) is 2. The topological polar surface area (TPSA) is 96.9 Å². The van der Waals surface area contributed by atoms with Crippen LogP contribution in [0.25, 0.3) is 0 Å². The Morgan fingerprint density at radius 2 is 1.43 bits per heavy atom. The molecule has 4 aliphatic carbocycles. The molecule has 4 fully saturated rings. The third kappa shape index (κ3) is 3.04. The number of carbonyl (C=O) groups excluding carboxylic acids is 2. The summed E-state index contributed by atoms with van der Waals surface area (Å²) >= 11 is 0. The normalized spacial score (nSPS) is 32.7. The minimum atomic E-state index is -0.294. The van der Waals surface area contributed by atoms with Crippen LogP contribution in [-0.2, 0) is 0 Å². The fourth-order valence-electron chi connectivity index (χ4n) is 6.07. The molecule has 0 radical (unpaired) electrons. The second-order valence-electron chi connectivity index (χ2n) is 8.72. The van der Waals surface area contributed by atoms with Gasteiger partial charge in [-0.15, -0.1) is 0 Å². The SMILES string of the molecule is O=C(NC12CC3CC(C1)CC(NC(=O)c1ncccn1)(C3)C2)c1ccccn1. The summed E-state index contributed by atoms with van der Waals surface area (Å²) in [4.78, 5) is 37.9. The molecule has 0 spiro atoms. The first kappa shape index (κ1) is 17.3. The van der Waals surface area contributed by atoms with E-state index in [1.54, 1.807) is 36.8 Å². The average molecular weight is 377 g/mol. The molecule has 2 N–H and O–H groups in total. The van der Waals surface area contributed by atoms with Crippen LogP contribution in [0.2, 0.25) is 0 Å². The molecule has 2 unspecified atom stereocenters. The Balaban J connectivity index is 1.38. The molecule has 2 amide bonds. The summed E-state index contributed by atoms with van der Waals surface area (Å²) in [7, 11) is 0. The van der Waals surface area contributed by atoms with Crippen molar-refractivity contribution in [2.75, 3.05) is 0 Å². The second-order valence-corrected chi connectivity index (χ2v) is 8.72. The lowest BCUT2D eigenvalue weighted by molar-refractivity contribution is -0.0449. The first-order chi connectivity index (χ1) is 13.5. The third-order valence-electron chi connectivity index (χ3n) is 6.48. The Morgan fingerprint density at radius 3 is 2.04 bits per heavy atom. The summed E-state index contributed by atoms with van der Waals surface area (Å²) in [6.07, 6.45) is 10.6. The van der Waals surface area contributed by atoms with Gasteiger partial charge in [-0.3, -0.25) is 14.6 Å². The molecule has 2 aromatic heterocycles. The standard InChI is InChI=1S/C21H23N5O2/c27-18(16-4-1-2-5-22-16)25-20-9-14-8-15(10-20)12-21(11-14,13-20)26-19(28)17-23-6-3-7-24-17/h1-7,14-15H,8-13H2,(H,25,27)(H,26,28). The lowest BCUT2D eigenvalue weighted by atomic mass is 9.50. The van der Waals surface area contributed by atoms with Crippen LogP contribution < -0.4 is 10.6 Å². The van der Waals surface area contributed by atoms with Crippen LogP contribution in [0, 0.1) is 11.8 Å². The first-order valence-electron chi connectivity index (χ1n) is 9.88. The van der Waals surface area contributed by atoms with Crippen molar-refractivity contribution in [1.29, 1.82) is 0 Å². The summed E-state index contributed by atoms with van der Waals surface area (Å²) < 4.78 is 0. The van der Waals surface area contributed by atoms with Crippen LogP contribution >= 0.6 is 0 Å². The molecule has 4 aliphatic rings. The van der Waals surface area contributed by atoms with Gasteiger partial charge in [-0.25, -0.2) is 9.97 Å². The number of aromatic nitrogens is 3. The van der Waals surface area contributed by atoms with E-state index in [1.807, 2.05) is 6.07 Å². The van der Waals surface area contributed by atoms with Gasteiger partial charge in [-0.1, -0.05) is 6.07 Å². The molecule has 0 aromatic carbocycles.